The minimum absolute atomic E-state index is 0.0922. The summed E-state index contributed by atoms with van der Waals surface area (Å²) >= 11 is 1.41. The van der Waals surface area contributed by atoms with E-state index in [-0.39, 0.29) is 28.7 Å². The van der Waals surface area contributed by atoms with Gasteiger partial charge in [-0.2, -0.15) is 4.99 Å². The van der Waals surface area contributed by atoms with Gasteiger partial charge < -0.3 is 9.64 Å². The SMILES string of the molecule is COc1ccccc1CN1C(=NC(=O)CCc2ccccc2)SC2CS(=O)(=O)CC21. The maximum Gasteiger partial charge on any atom is 0.248 e. The largest absolute Gasteiger partial charge is 0.496 e. The van der Waals surface area contributed by atoms with Crippen molar-refractivity contribution in [1.82, 2.24) is 4.90 Å². The number of amidine groups is 1. The third-order valence-electron chi connectivity index (χ3n) is 5.40. The Morgan fingerprint density at radius 1 is 1.13 bits per heavy atom. The molecule has 2 aliphatic heterocycles. The number of aryl methyl sites for hydroxylation is 1. The molecule has 2 aliphatic rings. The van der Waals surface area contributed by atoms with Crippen LogP contribution in [0.25, 0.3) is 0 Å². The number of methoxy groups -OCH3 is 1. The highest BCUT2D eigenvalue weighted by atomic mass is 32.2. The summed E-state index contributed by atoms with van der Waals surface area (Å²) in [5.41, 5.74) is 2.04. The molecule has 2 fully saturated rings. The van der Waals surface area contributed by atoms with E-state index in [1.165, 1.54) is 11.8 Å². The number of nitrogens with zero attached hydrogens (tertiary/aromatic N) is 2. The number of hydrogen-bond donors (Lipinski definition) is 0. The molecule has 2 unspecified atom stereocenters. The highest BCUT2D eigenvalue weighted by molar-refractivity contribution is 8.15. The fourth-order valence-electron chi connectivity index (χ4n) is 3.90. The minimum atomic E-state index is -3.08. The zero-order chi connectivity index (χ0) is 21.1. The average molecular weight is 445 g/mol. The number of carbonyl (C=O) groups excluding carboxylic acids is 1. The lowest BCUT2D eigenvalue weighted by molar-refractivity contribution is -0.117. The number of thioether (sulfide) groups is 1. The third-order valence-corrected chi connectivity index (χ3v) is 8.65. The molecule has 0 radical (unpaired) electrons. The third kappa shape index (κ3) is 4.70. The van der Waals surface area contributed by atoms with Gasteiger partial charge in [0.2, 0.25) is 5.91 Å². The van der Waals surface area contributed by atoms with Gasteiger partial charge >= 0.3 is 0 Å². The lowest BCUT2D eigenvalue weighted by atomic mass is 10.1. The van der Waals surface area contributed by atoms with Crippen molar-refractivity contribution < 1.29 is 17.9 Å². The number of hydrogen-bond acceptors (Lipinski definition) is 5. The second-order valence-electron chi connectivity index (χ2n) is 7.51. The highest BCUT2D eigenvalue weighted by Crippen LogP contribution is 2.39. The van der Waals surface area contributed by atoms with Gasteiger partial charge in [0.15, 0.2) is 15.0 Å². The van der Waals surface area contributed by atoms with Crippen molar-refractivity contribution in [2.24, 2.45) is 4.99 Å². The Kier molecular flexibility index (Phi) is 6.15. The zero-order valence-corrected chi connectivity index (χ0v) is 18.4. The van der Waals surface area contributed by atoms with Crippen molar-refractivity contribution in [3.8, 4) is 5.75 Å². The molecule has 2 saturated heterocycles. The molecule has 30 heavy (non-hydrogen) atoms. The molecule has 6 nitrogen and oxygen atoms in total. The number of ether oxygens (including phenoxy) is 1. The summed E-state index contributed by atoms with van der Waals surface area (Å²) in [4.78, 5) is 18.9. The van der Waals surface area contributed by atoms with Crippen molar-refractivity contribution in [2.45, 2.75) is 30.7 Å². The lowest BCUT2D eigenvalue weighted by Crippen LogP contribution is -2.37. The Bertz CT molecular complexity index is 1050. The molecule has 8 heteroatoms. The standard InChI is InChI=1S/C22H24N2O4S2/c1-28-19-10-6-5-9-17(19)13-24-18-14-30(26,27)15-20(18)29-22(24)23-21(25)12-11-16-7-3-2-4-8-16/h2-10,18,20H,11-15H2,1H3. The van der Waals surface area contributed by atoms with Gasteiger partial charge in [-0.1, -0.05) is 60.3 Å². The fraction of sp³-hybridized carbons (Fsp3) is 0.364. The van der Waals surface area contributed by atoms with Gasteiger partial charge in [-0.15, -0.1) is 0 Å². The quantitative estimate of drug-likeness (QED) is 0.682. The molecule has 2 atom stereocenters. The number of fused-ring (bicyclic) bond motifs is 1. The van der Waals surface area contributed by atoms with E-state index in [2.05, 4.69) is 4.99 Å². The van der Waals surface area contributed by atoms with Crippen LogP contribution in [0.5, 0.6) is 5.75 Å². The van der Waals surface area contributed by atoms with Crippen LogP contribution < -0.4 is 4.74 Å². The summed E-state index contributed by atoms with van der Waals surface area (Å²) in [7, 11) is -1.46. The van der Waals surface area contributed by atoms with Gasteiger partial charge in [0, 0.05) is 23.8 Å². The van der Waals surface area contributed by atoms with Crippen LogP contribution in [0, 0.1) is 0 Å². The Balaban J connectivity index is 1.54. The molecule has 0 saturated carbocycles. The molecule has 0 N–H and O–H groups in total. The van der Waals surface area contributed by atoms with Crippen LogP contribution in [0.3, 0.4) is 0 Å². The summed E-state index contributed by atoms with van der Waals surface area (Å²) in [5.74, 6) is 0.773. The molecule has 2 heterocycles. The van der Waals surface area contributed by atoms with Crippen molar-refractivity contribution in [2.75, 3.05) is 18.6 Å². The topological polar surface area (TPSA) is 76.0 Å². The Morgan fingerprint density at radius 2 is 1.87 bits per heavy atom. The van der Waals surface area contributed by atoms with E-state index in [9.17, 15) is 13.2 Å². The number of sulfone groups is 1. The Morgan fingerprint density at radius 3 is 2.63 bits per heavy atom. The Hall–Kier alpha value is -2.32. The highest BCUT2D eigenvalue weighted by Gasteiger charge is 2.48. The zero-order valence-electron chi connectivity index (χ0n) is 16.7. The van der Waals surface area contributed by atoms with Crippen LogP contribution in [-0.4, -0.2) is 54.3 Å². The van der Waals surface area contributed by atoms with Crippen molar-refractivity contribution in [1.29, 1.82) is 0 Å². The summed E-state index contributed by atoms with van der Waals surface area (Å²) in [5, 5.41) is 0.522. The first kappa shape index (κ1) is 20.9. The average Bonchev–Trinajstić information content (AvgIpc) is 3.19. The van der Waals surface area contributed by atoms with Crippen LogP contribution in [0.1, 0.15) is 17.5 Å². The smallest absolute Gasteiger partial charge is 0.248 e. The number of benzene rings is 2. The molecule has 0 spiro atoms. The first-order valence-corrected chi connectivity index (χ1v) is 12.6. The van der Waals surface area contributed by atoms with Gasteiger partial charge in [-0.25, -0.2) is 8.42 Å². The van der Waals surface area contributed by atoms with Crippen LogP contribution in [0.4, 0.5) is 0 Å². The van der Waals surface area contributed by atoms with E-state index in [0.717, 1.165) is 16.9 Å². The van der Waals surface area contributed by atoms with Crippen molar-refractivity contribution in [3.05, 3.63) is 65.7 Å². The summed E-state index contributed by atoms with van der Waals surface area (Å²) in [6.07, 6.45) is 0.957. The summed E-state index contributed by atoms with van der Waals surface area (Å²) in [6.45, 7) is 0.457. The predicted octanol–water partition coefficient (Wildman–Crippen LogP) is 2.93. The number of aliphatic imine (C=N–C) groups is 1. The molecule has 1 amide bonds. The molecule has 4 rings (SSSR count). The summed E-state index contributed by atoms with van der Waals surface area (Å²) < 4.78 is 29.8. The summed E-state index contributed by atoms with van der Waals surface area (Å²) in [6, 6.07) is 17.3. The van der Waals surface area contributed by atoms with Gasteiger partial charge in [0.05, 0.1) is 24.7 Å². The molecular weight excluding hydrogens is 420 g/mol. The van der Waals surface area contributed by atoms with Gasteiger partial charge in [-0.05, 0) is 18.1 Å². The first-order valence-electron chi connectivity index (χ1n) is 9.86. The normalized spacial score (nSPS) is 23.5. The van der Waals surface area contributed by atoms with Gasteiger partial charge in [0.25, 0.3) is 0 Å². The molecule has 0 bridgehead atoms. The second kappa shape index (κ2) is 8.81. The molecule has 0 aromatic heterocycles. The number of para-hydroxylation sites is 1. The molecule has 2 aromatic carbocycles. The van der Waals surface area contributed by atoms with E-state index in [1.807, 2.05) is 59.5 Å². The van der Waals surface area contributed by atoms with E-state index < -0.39 is 9.84 Å². The number of carbonyl (C=O) groups is 1. The first-order chi connectivity index (χ1) is 14.4. The van der Waals surface area contributed by atoms with Crippen LogP contribution in [-0.2, 0) is 27.6 Å². The number of amides is 1. The van der Waals surface area contributed by atoms with Crippen LogP contribution >= 0.6 is 11.8 Å². The van der Waals surface area contributed by atoms with Crippen molar-refractivity contribution in [3.63, 3.8) is 0 Å². The molecular formula is C22H24N2O4S2. The second-order valence-corrected chi connectivity index (χ2v) is 10.9. The number of rotatable bonds is 6. The fourth-order valence-corrected chi connectivity index (χ4v) is 7.86. The molecule has 0 aliphatic carbocycles. The lowest BCUT2D eigenvalue weighted by Gasteiger charge is -2.25. The van der Waals surface area contributed by atoms with Gasteiger partial charge in [-0.3, -0.25) is 4.79 Å². The van der Waals surface area contributed by atoms with E-state index >= 15 is 0 Å². The monoisotopic (exact) mass is 444 g/mol. The molecule has 2 aromatic rings. The van der Waals surface area contributed by atoms with Gasteiger partial charge in [0.1, 0.15) is 5.75 Å². The maximum absolute atomic E-state index is 12.6. The minimum Gasteiger partial charge on any atom is -0.496 e. The van der Waals surface area contributed by atoms with E-state index in [0.29, 0.717) is 24.6 Å². The maximum atomic E-state index is 12.6. The Labute approximate surface area is 181 Å². The molecule has 158 valence electrons. The van der Waals surface area contributed by atoms with Crippen LogP contribution in [0.15, 0.2) is 59.6 Å². The van der Waals surface area contributed by atoms with Crippen LogP contribution in [0.2, 0.25) is 0 Å². The van der Waals surface area contributed by atoms with E-state index in [4.69, 9.17) is 4.74 Å². The van der Waals surface area contributed by atoms with E-state index in [1.54, 1.807) is 7.11 Å². The van der Waals surface area contributed by atoms with Crippen molar-refractivity contribution >= 4 is 32.7 Å². The predicted molar refractivity (Wildman–Crippen MR) is 120 cm³/mol.